The third-order valence-corrected chi connectivity index (χ3v) is 4.71. The van der Waals surface area contributed by atoms with Gasteiger partial charge in [-0.3, -0.25) is 14.6 Å². The highest BCUT2D eigenvalue weighted by Crippen LogP contribution is 2.30. The van der Waals surface area contributed by atoms with Crippen molar-refractivity contribution in [2.75, 3.05) is 6.54 Å². The Morgan fingerprint density at radius 1 is 1.28 bits per heavy atom. The average molecular weight is 396 g/mol. The Hall–Kier alpha value is -3.75. The lowest BCUT2D eigenvalue weighted by Gasteiger charge is -2.31. The van der Waals surface area contributed by atoms with Crippen LogP contribution in [0, 0.1) is 5.82 Å². The van der Waals surface area contributed by atoms with Crippen molar-refractivity contribution < 1.29 is 23.9 Å². The molecule has 1 aromatic carbocycles. The van der Waals surface area contributed by atoms with E-state index in [1.165, 1.54) is 29.8 Å². The minimum atomic E-state index is -0.600. The molecule has 1 aliphatic heterocycles. The van der Waals surface area contributed by atoms with E-state index < -0.39 is 11.9 Å². The van der Waals surface area contributed by atoms with Crippen LogP contribution in [0.5, 0.6) is 5.75 Å². The fraction of sp³-hybridized carbons (Fsp3) is 0.200. The van der Waals surface area contributed by atoms with Gasteiger partial charge in [-0.15, -0.1) is 0 Å². The van der Waals surface area contributed by atoms with Crippen molar-refractivity contribution >= 4 is 22.8 Å². The van der Waals surface area contributed by atoms with Crippen LogP contribution in [0.4, 0.5) is 4.39 Å². The molecular formula is C20H17FN4O4. The van der Waals surface area contributed by atoms with Crippen LogP contribution in [0.2, 0.25) is 0 Å². The van der Waals surface area contributed by atoms with Crippen LogP contribution >= 0.6 is 0 Å². The minimum absolute atomic E-state index is 0.0225. The zero-order valence-corrected chi connectivity index (χ0v) is 15.5. The molecule has 4 rings (SSSR count). The van der Waals surface area contributed by atoms with Crippen LogP contribution < -0.4 is 10.2 Å². The number of pyridine rings is 2. The molecule has 3 heterocycles. The smallest absolute Gasteiger partial charge is 0.308 e. The van der Waals surface area contributed by atoms with E-state index in [4.69, 9.17) is 4.74 Å². The van der Waals surface area contributed by atoms with Gasteiger partial charge < -0.3 is 19.4 Å². The first-order valence-corrected chi connectivity index (χ1v) is 8.91. The van der Waals surface area contributed by atoms with Gasteiger partial charge in [0.15, 0.2) is 16.9 Å². The number of esters is 1. The molecule has 1 amide bonds. The molecule has 1 aliphatic rings. The van der Waals surface area contributed by atoms with Crippen molar-refractivity contribution in [3.8, 4) is 5.75 Å². The molecule has 0 saturated carbocycles. The number of carbonyl (C=O) groups excluding carboxylic acids is 2. The van der Waals surface area contributed by atoms with Crippen LogP contribution in [0.1, 0.15) is 23.0 Å². The van der Waals surface area contributed by atoms with Gasteiger partial charge in [0, 0.05) is 32.8 Å². The molecular weight excluding hydrogens is 379 g/mol. The molecule has 0 atom stereocenters. The lowest BCUT2D eigenvalue weighted by molar-refractivity contribution is -0.131. The molecule has 0 fully saturated rings. The van der Waals surface area contributed by atoms with E-state index >= 15 is 0 Å². The Morgan fingerprint density at radius 3 is 2.72 bits per heavy atom. The normalized spacial score (nSPS) is 14.2. The number of rotatable bonds is 3. The highest BCUT2D eigenvalue weighted by Gasteiger charge is 2.32. The lowest BCUT2D eigenvalue weighted by atomic mass is 10.1. The zero-order valence-electron chi connectivity index (χ0n) is 15.5. The summed E-state index contributed by atoms with van der Waals surface area (Å²) in [5.41, 5.74) is 1.24. The number of amides is 1. The monoisotopic (exact) mass is 396 g/mol. The molecule has 148 valence electrons. The molecule has 3 aromatic rings. The molecule has 0 unspecified atom stereocenters. The summed E-state index contributed by atoms with van der Waals surface area (Å²) in [7, 11) is 0. The fourth-order valence-electron chi connectivity index (χ4n) is 3.46. The van der Waals surface area contributed by atoms with Gasteiger partial charge in [-0.05, 0) is 29.8 Å². The van der Waals surface area contributed by atoms with Crippen molar-refractivity contribution in [2.24, 2.45) is 5.16 Å². The molecule has 0 bridgehead atoms. The molecule has 29 heavy (non-hydrogen) atoms. The van der Waals surface area contributed by atoms with Gasteiger partial charge in [0.2, 0.25) is 0 Å². The van der Waals surface area contributed by atoms with Gasteiger partial charge >= 0.3 is 5.97 Å². The Bertz CT molecular complexity index is 1190. The minimum Gasteiger partial charge on any atom is -0.422 e. The summed E-state index contributed by atoms with van der Waals surface area (Å²) >= 11 is 0. The second kappa shape index (κ2) is 7.34. The first kappa shape index (κ1) is 18.6. The number of nitrogens with zero attached hydrogens (tertiary/aromatic N) is 4. The standard InChI is InChI=1S/C20H17FN4O4/c1-12(26)29-18-16-15(3-2-8-22-16)19(23-28)25-10-9-24(20(27)17(18)25)11-13-4-6-14(21)7-5-13/h2-8,28H,9-11H2,1H3/b23-19+. The Morgan fingerprint density at radius 2 is 2.03 bits per heavy atom. The summed E-state index contributed by atoms with van der Waals surface area (Å²) in [6, 6.07) is 9.21. The highest BCUT2D eigenvalue weighted by molar-refractivity contribution is 6.02. The van der Waals surface area contributed by atoms with Crippen molar-refractivity contribution in [3.63, 3.8) is 0 Å². The van der Waals surface area contributed by atoms with Crippen molar-refractivity contribution in [3.05, 3.63) is 65.2 Å². The Labute approximate surface area is 164 Å². The van der Waals surface area contributed by atoms with Gasteiger partial charge in [-0.25, -0.2) is 4.39 Å². The summed E-state index contributed by atoms with van der Waals surface area (Å²) in [6.07, 6.45) is 1.50. The SMILES string of the molecule is CC(=O)Oc1c2n(/c(=N/O)c3cccnc13)CCN(Cc1ccc(F)cc1)C2=O. The predicted molar refractivity (Wildman–Crippen MR) is 99.5 cm³/mol. The van der Waals surface area contributed by atoms with Gasteiger partial charge in [0.25, 0.3) is 5.91 Å². The van der Waals surface area contributed by atoms with Crippen LogP contribution in [0.15, 0.2) is 47.8 Å². The van der Waals surface area contributed by atoms with Crippen molar-refractivity contribution in [2.45, 2.75) is 20.0 Å². The number of hydrogen-bond acceptors (Lipinski definition) is 6. The van der Waals surface area contributed by atoms with Gasteiger partial charge in [0.1, 0.15) is 11.3 Å². The van der Waals surface area contributed by atoms with Crippen molar-refractivity contribution in [1.82, 2.24) is 14.5 Å². The maximum atomic E-state index is 13.3. The second-order valence-corrected chi connectivity index (χ2v) is 6.60. The maximum absolute atomic E-state index is 13.3. The second-order valence-electron chi connectivity index (χ2n) is 6.60. The van der Waals surface area contributed by atoms with Crippen molar-refractivity contribution in [1.29, 1.82) is 0 Å². The zero-order chi connectivity index (χ0) is 20.5. The average Bonchev–Trinajstić information content (AvgIpc) is 2.71. The predicted octanol–water partition coefficient (Wildman–Crippen LogP) is 2.05. The van der Waals surface area contributed by atoms with E-state index in [1.807, 2.05) is 0 Å². The summed E-state index contributed by atoms with van der Waals surface area (Å²) in [5.74, 6) is -1.34. The van der Waals surface area contributed by atoms with Crippen LogP contribution in [0.3, 0.4) is 0 Å². The fourth-order valence-corrected chi connectivity index (χ4v) is 3.46. The maximum Gasteiger partial charge on any atom is 0.308 e. The topological polar surface area (TPSA) is 97.0 Å². The Balaban J connectivity index is 1.87. The molecule has 2 aromatic heterocycles. The molecule has 0 spiro atoms. The molecule has 9 heteroatoms. The number of carbonyl (C=O) groups is 2. The van der Waals surface area contributed by atoms with Gasteiger partial charge in [-0.1, -0.05) is 17.3 Å². The number of aromatic nitrogens is 2. The summed E-state index contributed by atoms with van der Waals surface area (Å²) < 4.78 is 20.1. The quantitative estimate of drug-likeness (QED) is 0.415. The third-order valence-electron chi connectivity index (χ3n) is 4.71. The third kappa shape index (κ3) is 3.31. The lowest BCUT2D eigenvalue weighted by Crippen LogP contribution is -2.44. The highest BCUT2D eigenvalue weighted by atomic mass is 19.1. The largest absolute Gasteiger partial charge is 0.422 e. The van der Waals surface area contributed by atoms with E-state index in [2.05, 4.69) is 10.1 Å². The van der Waals surface area contributed by atoms with Gasteiger partial charge in [-0.2, -0.15) is 0 Å². The van der Waals surface area contributed by atoms with Crippen LogP contribution in [0.25, 0.3) is 10.9 Å². The molecule has 1 N–H and O–H groups in total. The van der Waals surface area contributed by atoms with E-state index in [-0.39, 0.29) is 34.8 Å². The molecule has 0 radical (unpaired) electrons. The number of hydrogen-bond donors (Lipinski definition) is 1. The summed E-state index contributed by atoms with van der Waals surface area (Å²) in [5, 5.41) is 13.4. The molecule has 8 nitrogen and oxygen atoms in total. The van der Waals surface area contributed by atoms with Crippen LogP contribution in [-0.2, 0) is 17.9 Å². The number of halogens is 1. The Kier molecular flexibility index (Phi) is 4.71. The molecule has 0 saturated heterocycles. The summed E-state index contributed by atoms with van der Waals surface area (Å²) in [4.78, 5) is 30.8. The molecule has 0 aliphatic carbocycles. The summed E-state index contributed by atoms with van der Waals surface area (Å²) in [6.45, 7) is 2.15. The first-order chi connectivity index (χ1) is 14.0. The number of fused-ring (bicyclic) bond motifs is 2. The first-order valence-electron chi connectivity index (χ1n) is 8.91. The van der Waals surface area contributed by atoms with Gasteiger partial charge in [0.05, 0.1) is 5.39 Å². The van der Waals surface area contributed by atoms with E-state index in [0.717, 1.165) is 5.56 Å². The van der Waals surface area contributed by atoms with Crippen LogP contribution in [-0.4, -0.2) is 38.1 Å². The van der Waals surface area contributed by atoms with E-state index in [9.17, 15) is 19.2 Å². The van der Waals surface area contributed by atoms with E-state index in [0.29, 0.717) is 18.5 Å². The number of benzene rings is 1. The van der Waals surface area contributed by atoms with E-state index in [1.54, 1.807) is 29.2 Å². The number of ether oxygens (including phenoxy) is 1.